The summed E-state index contributed by atoms with van der Waals surface area (Å²) in [5, 5.41) is 23.9. The Morgan fingerprint density at radius 2 is 1.57 bits per heavy atom. The second-order valence-corrected chi connectivity index (χ2v) is 9.40. The third-order valence-electron chi connectivity index (χ3n) is 5.47. The Balaban J connectivity index is 1.19. The molecule has 0 unspecified atom stereocenters. The van der Waals surface area contributed by atoms with Crippen LogP contribution in [-0.2, 0) is 12.8 Å². The third kappa shape index (κ3) is 5.18. The van der Waals surface area contributed by atoms with Gasteiger partial charge in [0.15, 0.2) is 0 Å². The number of aliphatic hydroxyl groups is 2. The molecule has 2 aliphatic heterocycles. The van der Waals surface area contributed by atoms with Crippen LogP contribution in [0.25, 0.3) is 0 Å². The van der Waals surface area contributed by atoms with Gasteiger partial charge in [-0.15, -0.1) is 0 Å². The zero-order valence-corrected chi connectivity index (χ0v) is 17.5. The van der Waals surface area contributed by atoms with Gasteiger partial charge in [-0.3, -0.25) is 0 Å². The minimum Gasteiger partial charge on any atom is -0.494 e. The van der Waals surface area contributed by atoms with Crippen LogP contribution in [0.5, 0.6) is 11.5 Å². The Hall–Kier alpha value is -2.00. The fraction of sp³-hybridized carbons (Fsp3) is 0.455. The number of ether oxygens (including phenoxy) is 2. The summed E-state index contributed by atoms with van der Waals surface area (Å²) in [5.41, 5.74) is 0.992. The Labute approximate surface area is 176 Å². The van der Waals surface area contributed by atoms with Gasteiger partial charge < -0.3 is 25.0 Å². The van der Waals surface area contributed by atoms with Crippen LogP contribution in [0.1, 0.15) is 24.0 Å². The summed E-state index contributed by atoms with van der Waals surface area (Å²) in [6.07, 6.45) is 1.64. The average Bonchev–Trinajstić information content (AvgIpc) is 2.73. The van der Waals surface area contributed by atoms with Crippen molar-refractivity contribution >= 4 is 9.52 Å². The van der Waals surface area contributed by atoms with E-state index >= 15 is 0 Å². The maximum atomic E-state index is 13.3. The normalized spacial score (nSPS) is 22.3. The van der Waals surface area contributed by atoms with Crippen LogP contribution < -0.4 is 14.8 Å². The third-order valence-corrected chi connectivity index (χ3v) is 6.83. The molecule has 2 heterocycles. The largest absolute Gasteiger partial charge is 0.494 e. The first kappa shape index (κ1) is 21.2. The second kappa shape index (κ2) is 9.43. The smallest absolute Gasteiger partial charge is 0.134 e. The van der Waals surface area contributed by atoms with E-state index < -0.39 is 11.8 Å². The van der Waals surface area contributed by atoms with Gasteiger partial charge in [0.2, 0.25) is 0 Å². The molecule has 0 fully saturated rings. The minimum atomic E-state index is -0.730. The first-order chi connectivity index (χ1) is 14.5. The number of fused-ring (bicyclic) bond motifs is 2. The Kier molecular flexibility index (Phi) is 6.67. The van der Waals surface area contributed by atoms with Crippen LogP contribution in [0.2, 0.25) is 0 Å². The number of halogens is 2. The summed E-state index contributed by atoms with van der Waals surface area (Å²) in [5.74, 6) is 0.747. The topological polar surface area (TPSA) is 71.0 Å². The lowest BCUT2D eigenvalue weighted by Gasteiger charge is -2.30. The molecule has 0 amide bonds. The average molecular weight is 434 g/mol. The lowest BCUT2D eigenvalue weighted by Crippen LogP contribution is -2.45. The summed E-state index contributed by atoms with van der Waals surface area (Å²) in [7, 11) is 0.177. The molecule has 0 spiro atoms. The molecule has 0 aliphatic carbocycles. The Morgan fingerprint density at radius 3 is 2.27 bits per heavy atom. The van der Waals surface area contributed by atoms with Crippen molar-refractivity contribution in [3.05, 3.63) is 59.2 Å². The molecule has 4 rings (SSSR count). The van der Waals surface area contributed by atoms with Crippen LogP contribution in [0.4, 0.5) is 8.78 Å². The van der Waals surface area contributed by atoms with Gasteiger partial charge >= 0.3 is 0 Å². The van der Waals surface area contributed by atoms with Gasteiger partial charge in [0, 0.05) is 13.1 Å². The molecule has 0 aromatic heterocycles. The highest BCUT2D eigenvalue weighted by atomic mass is 28.2. The first-order valence-corrected chi connectivity index (χ1v) is 11.4. The minimum absolute atomic E-state index is 0.0942. The van der Waals surface area contributed by atoms with E-state index in [4.69, 9.17) is 9.47 Å². The summed E-state index contributed by atoms with van der Waals surface area (Å²) < 4.78 is 38.3. The van der Waals surface area contributed by atoms with E-state index in [1.807, 2.05) is 0 Å². The molecule has 8 heteroatoms. The van der Waals surface area contributed by atoms with Crippen molar-refractivity contribution in [2.75, 3.05) is 13.1 Å². The van der Waals surface area contributed by atoms with Crippen molar-refractivity contribution in [1.29, 1.82) is 0 Å². The zero-order chi connectivity index (χ0) is 21.1. The molecule has 2 aromatic carbocycles. The molecule has 2 aromatic rings. The van der Waals surface area contributed by atoms with E-state index in [2.05, 4.69) is 5.32 Å². The highest BCUT2D eigenvalue weighted by Gasteiger charge is 2.27. The highest BCUT2D eigenvalue weighted by Crippen LogP contribution is 2.29. The van der Waals surface area contributed by atoms with Crippen LogP contribution in [0.3, 0.4) is 0 Å². The molecule has 2 radical (unpaired) electrons. The number of aliphatic hydroxyl groups excluding tert-OH is 2. The van der Waals surface area contributed by atoms with E-state index in [1.54, 1.807) is 12.1 Å². The molecule has 2 aliphatic rings. The lowest BCUT2D eigenvalue weighted by molar-refractivity contribution is 0.0236. The molecule has 0 saturated carbocycles. The maximum absolute atomic E-state index is 13.3. The fourth-order valence-electron chi connectivity index (χ4n) is 3.90. The van der Waals surface area contributed by atoms with Crippen molar-refractivity contribution in [3.63, 3.8) is 0 Å². The molecule has 5 nitrogen and oxygen atoms in total. The Bertz CT molecular complexity index is 884. The number of hydrogen-bond donors (Lipinski definition) is 3. The highest BCUT2D eigenvalue weighted by molar-refractivity contribution is 6.39. The molecule has 30 heavy (non-hydrogen) atoms. The van der Waals surface area contributed by atoms with E-state index in [0.717, 1.165) is 24.0 Å². The van der Waals surface area contributed by atoms with Crippen LogP contribution >= 0.6 is 0 Å². The summed E-state index contributed by atoms with van der Waals surface area (Å²) in [6.45, 7) is 0.622. The summed E-state index contributed by atoms with van der Waals surface area (Å²) in [4.78, 5) is 0. The molecule has 4 atom stereocenters. The standard InChI is InChI=1S/C22H25F2NO4Si/c23-15-3-6-18-13(9-15)1-5-20(28-18)17(26)11-25-12-21(27)30-22-8-2-14-10-16(24)4-7-19(14)29-22/h3-4,6-7,9-10,17,20-22,25-27H,1-2,5,8,11-12H2/t17-,20-,21+,22-/m0/s1. The molecule has 0 bridgehead atoms. The number of aryl methyl sites for hydroxylation is 2. The maximum Gasteiger partial charge on any atom is 0.134 e. The molecule has 160 valence electrons. The summed E-state index contributed by atoms with van der Waals surface area (Å²) in [6, 6.07) is 8.93. The van der Waals surface area contributed by atoms with Crippen molar-refractivity contribution in [3.8, 4) is 11.5 Å². The summed E-state index contributed by atoms with van der Waals surface area (Å²) >= 11 is 0. The van der Waals surface area contributed by atoms with Crippen molar-refractivity contribution < 1.29 is 28.5 Å². The number of benzene rings is 2. The SMILES string of the molecule is O[C@@H](CNC[C@H](O)[C@@H]1CCc2cc(F)ccc2O1)[Si][C@H]1CCc2cc(F)ccc2O1. The molecule has 3 N–H and O–H groups in total. The van der Waals surface area contributed by atoms with Gasteiger partial charge in [0.1, 0.15) is 44.9 Å². The zero-order valence-electron chi connectivity index (χ0n) is 16.5. The van der Waals surface area contributed by atoms with Gasteiger partial charge in [-0.2, -0.15) is 0 Å². The molecular weight excluding hydrogens is 408 g/mol. The van der Waals surface area contributed by atoms with E-state index in [0.29, 0.717) is 30.9 Å². The number of nitrogens with one attached hydrogen (secondary N) is 1. The van der Waals surface area contributed by atoms with Gasteiger partial charge in [-0.05, 0) is 73.2 Å². The monoisotopic (exact) mass is 433 g/mol. The van der Waals surface area contributed by atoms with Crippen LogP contribution in [0, 0.1) is 11.6 Å². The van der Waals surface area contributed by atoms with Crippen molar-refractivity contribution in [1.82, 2.24) is 5.32 Å². The van der Waals surface area contributed by atoms with Crippen LogP contribution in [-0.4, -0.2) is 56.5 Å². The van der Waals surface area contributed by atoms with Crippen LogP contribution in [0.15, 0.2) is 36.4 Å². The van der Waals surface area contributed by atoms with Crippen molar-refractivity contribution in [2.45, 2.75) is 49.3 Å². The van der Waals surface area contributed by atoms with Gasteiger partial charge in [0.05, 0.1) is 11.5 Å². The van der Waals surface area contributed by atoms with Gasteiger partial charge in [0.25, 0.3) is 0 Å². The number of rotatable bonds is 7. The first-order valence-electron chi connectivity index (χ1n) is 10.2. The van der Waals surface area contributed by atoms with E-state index in [9.17, 15) is 19.0 Å². The predicted molar refractivity (Wildman–Crippen MR) is 109 cm³/mol. The van der Waals surface area contributed by atoms with E-state index in [1.165, 1.54) is 24.3 Å². The fourth-order valence-corrected chi connectivity index (χ4v) is 5.09. The van der Waals surface area contributed by atoms with Gasteiger partial charge in [-0.25, -0.2) is 8.78 Å². The van der Waals surface area contributed by atoms with Gasteiger partial charge in [-0.1, -0.05) is 0 Å². The Morgan fingerprint density at radius 1 is 0.933 bits per heavy atom. The molecule has 0 saturated heterocycles. The second-order valence-electron chi connectivity index (χ2n) is 7.75. The van der Waals surface area contributed by atoms with Crippen molar-refractivity contribution in [2.24, 2.45) is 0 Å². The molecular formula is C22H25F2NO4Si. The number of hydrogen-bond acceptors (Lipinski definition) is 5. The predicted octanol–water partition coefficient (Wildman–Crippen LogP) is 1.98. The van der Waals surface area contributed by atoms with E-state index in [-0.39, 0.29) is 39.5 Å². The lowest BCUT2D eigenvalue weighted by atomic mass is 9.99. The quantitative estimate of drug-likeness (QED) is 0.583.